The number of amides is 1. The van der Waals surface area contributed by atoms with Gasteiger partial charge in [-0.15, -0.1) is 0 Å². The summed E-state index contributed by atoms with van der Waals surface area (Å²) >= 11 is 0. The van der Waals surface area contributed by atoms with Gasteiger partial charge in [0, 0.05) is 26.2 Å². The third-order valence-electron chi connectivity index (χ3n) is 4.62. The van der Waals surface area contributed by atoms with Crippen molar-refractivity contribution in [3.8, 4) is 0 Å². The fourth-order valence-corrected chi connectivity index (χ4v) is 3.79. The highest BCUT2D eigenvalue weighted by Gasteiger charge is 2.21. The molecule has 0 aromatic heterocycles. The van der Waals surface area contributed by atoms with E-state index in [1.165, 1.54) is 4.31 Å². The molecule has 1 amide bonds. The predicted molar refractivity (Wildman–Crippen MR) is 104 cm³/mol. The lowest BCUT2D eigenvalue weighted by Gasteiger charge is -2.18. The minimum absolute atomic E-state index is 0.168. The van der Waals surface area contributed by atoms with Crippen molar-refractivity contribution >= 4 is 15.9 Å². The second kappa shape index (κ2) is 8.47. The Bertz CT molecular complexity index is 844. The van der Waals surface area contributed by atoms with Crippen molar-refractivity contribution in [1.29, 1.82) is 0 Å². The minimum atomic E-state index is -3.56. The van der Waals surface area contributed by atoms with Crippen LogP contribution in [0.25, 0.3) is 0 Å². The highest BCUT2D eigenvalue weighted by atomic mass is 32.2. The Labute approximate surface area is 156 Å². The zero-order chi connectivity index (χ0) is 19.3. The second-order valence-corrected chi connectivity index (χ2v) is 8.46. The Morgan fingerprint density at radius 3 is 2.15 bits per heavy atom. The van der Waals surface area contributed by atoms with E-state index in [4.69, 9.17) is 0 Å². The molecule has 0 aliphatic carbocycles. The van der Waals surface area contributed by atoms with Crippen molar-refractivity contribution in [1.82, 2.24) is 9.62 Å². The van der Waals surface area contributed by atoms with Crippen molar-refractivity contribution in [2.24, 2.45) is 0 Å². The van der Waals surface area contributed by atoms with E-state index in [-0.39, 0.29) is 17.3 Å². The van der Waals surface area contributed by atoms with Gasteiger partial charge in [0.15, 0.2) is 0 Å². The molecule has 2 rings (SSSR count). The van der Waals surface area contributed by atoms with E-state index in [9.17, 15) is 13.2 Å². The number of hydrogen-bond acceptors (Lipinski definition) is 3. The zero-order valence-electron chi connectivity index (χ0n) is 15.7. The van der Waals surface area contributed by atoms with Gasteiger partial charge in [0.2, 0.25) is 10.0 Å². The van der Waals surface area contributed by atoms with Gasteiger partial charge in [-0.3, -0.25) is 4.79 Å². The molecule has 0 bridgehead atoms. The van der Waals surface area contributed by atoms with Gasteiger partial charge < -0.3 is 5.32 Å². The van der Waals surface area contributed by atoms with Crippen LogP contribution < -0.4 is 5.32 Å². The molecular formula is C20H26N2O3S. The molecule has 1 atom stereocenters. The van der Waals surface area contributed by atoms with Crippen LogP contribution in [0.15, 0.2) is 53.4 Å². The van der Waals surface area contributed by atoms with Gasteiger partial charge in [-0.2, -0.15) is 4.31 Å². The number of sulfonamides is 1. The normalized spacial score (nSPS) is 12.8. The fourth-order valence-electron chi connectivity index (χ4n) is 2.63. The number of rotatable bonds is 7. The molecule has 0 radical (unpaired) electrons. The summed E-state index contributed by atoms with van der Waals surface area (Å²) in [7, 11) is -0.431. The Morgan fingerprint density at radius 1 is 1.08 bits per heavy atom. The average Bonchev–Trinajstić information content (AvgIpc) is 2.67. The molecule has 0 heterocycles. The third kappa shape index (κ3) is 4.51. The standard InChI is InChI=1S/C20H26N2O3S/c1-5-15(2)17-10-12-19(13-11-17)26(24,25)22(4)14-16-6-8-18(9-7-16)20(23)21-3/h6-13,15H,5,14H2,1-4H3,(H,21,23). The number of carbonyl (C=O) groups is 1. The first-order valence-electron chi connectivity index (χ1n) is 8.67. The van der Waals surface area contributed by atoms with E-state index in [2.05, 4.69) is 19.2 Å². The van der Waals surface area contributed by atoms with E-state index in [0.29, 0.717) is 11.5 Å². The molecule has 0 fully saturated rings. The lowest BCUT2D eigenvalue weighted by molar-refractivity contribution is 0.0963. The molecule has 0 saturated heterocycles. The summed E-state index contributed by atoms with van der Waals surface area (Å²) in [6, 6.07) is 14.0. The second-order valence-electron chi connectivity index (χ2n) is 6.42. The summed E-state index contributed by atoms with van der Waals surface area (Å²) in [6.07, 6.45) is 1.01. The molecule has 140 valence electrons. The van der Waals surface area contributed by atoms with Gasteiger partial charge in [0.1, 0.15) is 0 Å². The van der Waals surface area contributed by atoms with Crippen LogP contribution >= 0.6 is 0 Å². The number of carbonyl (C=O) groups excluding carboxylic acids is 1. The molecule has 0 aliphatic rings. The monoisotopic (exact) mass is 374 g/mol. The lowest BCUT2D eigenvalue weighted by atomic mass is 9.99. The first-order valence-corrected chi connectivity index (χ1v) is 10.1. The Kier molecular flexibility index (Phi) is 6.56. The minimum Gasteiger partial charge on any atom is -0.355 e. The summed E-state index contributed by atoms with van der Waals surface area (Å²) in [4.78, 5) is 11.9. The van der Waals surface area contributed by atoms with E-state index >= 15 is 0 Å². The first-order chi connectivity index (χ1) is 12.3. The Balaban J connectivity index is 2.14. The quantitative estimate of drug-likeness (QED) is 0.808. The third-order valence-corrected chi connectivity index (χ3v) is 6.44. The van der Waals surface area contributed by atoms with Crippen molar-refractivity contribution in [2.45, 2.75) is 37.6 Å². The lowest BCUT2D eigenvalue weighted by Crippen LogP contribution is -2.26. The van der Waals surface area contributed by atoms with Crippen LogP contribution in [0, 0.1) is 0 Å². The highest BCUT2D eigenvalue weighted by molar-refractivity contribution is 7.89. The van der Waals surface area contributed by atoms with E-state index in [0.717, 1.165) is 17.5 Å². The highest BCUT2D eigenvalue weighted by Crippen LogP contribution is 2.22. The fraction of sp³-hybridized carbons (Fsp3) is 0.350. The summed E-state index contributed by atoms with van der Waals surface area (Å²) in [5.41, 5.74) is 2.50. The van der Waals surface area contributed by atoms with Crippen molar-refractivity contribution in [3.63, 3.8) is 0 Å². The van der Waals surface area contributed by atoms with Crippen LogP contribution in [0.3, 0.4) is 0 Å². The van der Waals surface area contributed by atoms with Gasteiger partial charge in [-0.25, -0.2) is 8.42 Å². The summed E-state index contributed by atoms with van der Waals surface area (Å²) in [5, 5.41) is 2.56. The Morgan fingerprint density at radius 2 is 1.65 bits per heavy atom. The smallest absolute Gasteiger partial charge is 0.251 e. The first kappa shape index (κ1) is 20.1. The van der Waals surface area contributed by atoms with Gasteiger partial charge in [-0.1, -0.05) is 38.1 Å². The summed E-state index contributed by atoms with van der Waals surface area (Å²) in [6.45, 7) is 4.47. The molecule has 0 aliphatic heterocycles. The summed E-state index contributed by atoms with van der Waals surface area (Å²) in [5.74, 6) is 0.238. The topological polar surface area (TPSA) is 66.5 Å². The van der Waals surface area contributed by atoms with Crippen LogP contribution in [-0.4, -0.2) is 32.7 Å². The van der Waals surface area contributed by atoms with E-state index in [1.54, 1.807) is 50.5 Å². The molecule has 0 saturated carbocycles. The van der Waals surface area contributed by atoms with Gasteiger partial charge in [0.05, 0.1) is 4.90 Å². The average molecular weight is 375 g/mol. The van der Waals surface area contributed by atoms with Gasteiger partial charge in [-0.05, 0) is 47.7 Å². The van der Waals surface area contributed by atoms with Crippen LogP contribution in [-0.2, 0) is 16.6 Å². The van der Waals surface area contributed by atoms with E-state index in [1.807, 2.05) is 12.1 Å². The molecular weight excluding hydrogens is 348 g/mol. The molecule has 6 heteroatoms. The van der Waals surface area contributed by atoms with Gasteiger partial charge >= 0.3 is 0 Å². The molecule has 1 N–H and O–H groups in total. The zero-order valence-corrected chi connectivity index (χ0v) is 16.5. The molecule has 2 aromatic carbocycles. The van der Waals surface area contributed by atoms with Crippen molar-refractivity contribution in [2.75, 3.05) is 14.1 Å². The van der Waals surface area contributed by atoms with E-state index < -0.39 is 10.0 Å². The molecule has 5 nitrogen and oxygen atoms in total. The number of benzene rings is 2. The van der Waals surface area contributed by atoms with Crippen molar-refractivity contribution < 1.29 is 13.2 Å². The molecule has 26 heavy (non-hydrogen) atoms. The molecule has 0 spiro atoms. The summed E-state index contributed by atoms with van der Waals surface area (Å²) < 4.78 is 26.9. The van der Waals surface area contributed by atoms with Crippen LogP contribution in [0.4, 0.5) is 0 Å². The number of nitrogens with zero attached hydrogens (tertiary/aromatic N) is 1. The number of hydrogen-bond donors (Lipinski definition) is 1. The maximum Gasteiger partial charge on any atom is 0.251 e. The van der Waals surface area contributed by atoms with Crippen LogP contribution in [0.1, 0.15) is 47.7 Å². The maximum atomic E-state index is 12.8. The SMILES string of the molecule is CCC(C)c1ccc(S(=O)(=O)N(C)Cc2ccc(C(=O)NC)cc2)cc1. The largest absolute Gasteiger partial charge is 0.355 e. The number of nitrogens with one attached hydrogen (secondary N) is 1. The molecule has 1 unspecified atom stereocenters. The Hall–Kier alpha value is -2.18. The van der Waals surface area contributed by atoms with Crippen molar-refractivity contribution in [3.05, 3.63) is 65.2 Å². The van der Waals surface area contributed by atoms with Crippen LogP contribution in [0.5, 0.6) is 0 Å². The molecule has 2 aromatic rings. The van der Waals surface area contributed by atoms with Crippen LogP contribution in [0.2, 0.25) is 0 Å². The predicted octanol–water partition coefficient (Wildman–Crippen LogP) is 3.38. The van der Waals surface area contributed by atoms with Gasteiger partial charge in [0.25, 0.3) is 5.91 Å². The maximum absolute atomic E-state index is 12.8.